The minimum atomic E-state index is 0.126. The van der Waals surface area contributed by atoms with E-state index in [4.69, 9.17) is 0 Å². The zero-order valence-electron chi connectivity index (χ0n) is 11.8. The van der Waals surface area contributed by atoms with Gasteiger partial charge in [0.05, 0.1) is 0 Å². The van der Waals surface area contributed by atoms with Crippen LogP contribution >= 0.6 is 0 Å². The number of hydrogen-bond acceptors (Lipinski definition) is 1. The van der Waals surface area contributed by atoms with Crippen LogP contribution in [0.25, 0.3) is 5.57 Å². The molecule has 1 aliphatic rings. The van der Waals surface area contributed by atoms with Gasteiger partial charge < -0.3 is 0 Å². The Labute approximate surface area is 120 Å². The van der Waals surface area contributed by atoms with Crippen LogP contribution in [-0.2, 0) is 6.42 Å². The molecule has 20 heavy (non-hydrogen) atoms. The molecule has 0 fully saturated rings. The average Bonchev–Trinajstić information content (AvgIpc) is 2.50. The third-order valence-electron chi connectivity index (χ3n) is 3.99. The van der Waals surface area contributed by atoms with E-state index in [2.05, 4.69) is 19.6 Å². The van der Waals surface area contributed by atoms with Gasteiger partial charge in [-0.15, -0.1) is 0 Å². The van der Waals surface area contributed by atoms with Gasteiger partial charge in [0.15, 0.2) is 5.78 Å². The highest BCUT2D eigenvalue weighted by atomic mass is 16.1. The molecule has 2 aromatic rings. The Morgan fingerprint density at radius 3 is 2.40 bits per heavy atom. The van der Waals surface area contributed by atoms with Crippen molar-refractivity contribution in [2.24, 2.45) is 0 Å². The van der Waals surface area contributed by atoms with Crippen LogP contribution in [0.5, 0.6) is 0 Å². The third-order valence-corrected chi connectivity index (χ3v) is 3.99. The van der Waals surface area contributed by atoms with Gasteiger partial charge in [-0.1, -0.05) is 62.4 Å². The lowest BCUT2D eigenvalue weighted by Gasteiger charge is -2.23. The Balaban J connectivity index is 2.18. The Bertz CT molecular complexity index is 695. The largest absolute Gasteiger partial charge is 0.289 e. The third kappa shape index (κ3) is 1.90. The van der Waals surface area contributed by atoms with Crippen molar-refractivity contribution in [2.45, 2.75) is 26.2 Å². The van der Waals surface area contributed by atoms with Gasteiger partial charge in [-0.3, -0.25) is 4.79 Å². The van der Waals surface area contributed by atoms with Gasteiger partial charge in [-0.25, -0.2) is 0 Å². The number of carbonyl (C=O) groups is 1. The van der Waals surface area contributed by atoms with Crippen molar-refractivity contribution < 1.29 is 4.79 Å². The van der Waals surface area contributed by atoms with Crippen molar-refractivity contribution in [3.05, 3.63) is 76.9 Å². The highest BCUT2D eigenvalue weighted by Crippen LogP contribution is 2.37. The number of unbranched alkanes of at least 4 members (excludes halogenated alkanes) is 1. The molecule has 0 saturated carbocycles. The van der Waals surface area contributed by atoms with Crippen LogP contribution in [0.4, 0.5) is 0 Å². The smallest absolute Gasteiger partial charge is 0.194 e. The van der Waals surface area contributed by atoms with Crippen molar-refractivity contribution >= 4 is 11.4 Å². The molecule has 1 heteroatoms. The summed E-state index contributed by atoms with van der Waals surface area (Å²) in [6, 6.07) is 13.8. The summed E-state index contributed by atoms with van der Waals surface area (Å²) in [6.07, 6.45) is 3.30. The minimum absolute atomic E-state index is 0.126. The van der Waals surface area contributed by atoms with E-state index in [0.29, 0.717) is 0 Å². The number of rotatable bonds is 3. The second-order valence-corrected chi connectivity index (χ2v) is 5.30. The topological polar surface area (TPSA) is 17.1 Å². The molecular formula is C19H18O. The van der Waals surface area contributed by atoms with Gasteiger partial charge in [-0.2, -0.15) is 0 Å². The summed E-state index contributed by atoms with van der Waals surface area (Å²) in [4.78, 5) is 12.6. The second-order valence-electron chi connectivity index (χ2n) is 5.30. The van der Waals surface area contributed by atoms with Crippen molar-refractivity contribution in [2.75, 3.05) is 0 Å². The van der Waals surface area contributed by atoms with Crippen LogP contribution in [0.1, 0.15) is 52.4 Å². The second kappa shape index (κ2) is 5.09. The number of fused-ring (bicyclic) bond motifs is 2. The fourth-order valence-corrected chi connectivity index (χ4v) is 2.95. The van der Waals surface area contributed by atoms with E-state index < -0.39 is 0 Å². The summed E-state index contributed by atoms with van der Waals surface area (Å²) in [5.74, 6) is 0.126. The lowest BCUT2D eigenvalue weighted by Crippen LogP contribution is -2.15. The van der Waals surface area contributed by atoms with E-state index in [-0.39, 0.29) is 5.78 Å². The molecule has 100 valence electrons. The van der Waals surface area contributed by atoms with Crippen LogP contribution in [-0.4, -0.2) is 5.78 Å². The molecule has 0 radical (unpaired) electrons. The maximum atomic E-state index is 12.6. The van der Waals surface area contributed by atoms with E-state index in [1.54, 1.807) is 0 Å². The maximum Gasteiger partial charge on any atom is 0.194 e. The fourth-order valence-electron chi connectivity index (χ4n) is 2.95. The van der Waals surface area contributed by atoms with Crippen LogP contribution in [0.3, 0.4) is 0 Å². The number of benzene rings is 2. The van der Waals surface area contributed by atoms with E-state index in [1.807, 2.05) is 36.4 Å². The highest BCUT2D eigenvalue weighted by Gasteiger charge is 2.26. The summed E-state index contributed by atoms with van der Waals surface area (Å²) in [5, 5.41) is 0. The standard InChI is InChI=1S/C19H18O/c1-3-4-8-14-9-7-12-17-18(14)13(2)15-10-5-6-11-16(15)19(17)20/h5-7,9-12H,2-4,8H2,1H3. The summed E-state index contributed by atoms with van der Waals surface area (Å²) < 4.78 is 0. The molecule has 0 spiro atoms. The SMILES string of the molecule is C=C1c2ccccc2C(=O)c2cccc(CCCC)c21. The van der Waals surface area contributed by atoms with E-state index in [1.165, 1.54) is 5.56 Å². The summed E-state index contributed by atoms with van der Waals surface area (Å²) in [7, 11) is 0. The normalized spacial score (nSPS) is 13.1. The Morgan fingerprint density at radius 1 is 0.950 bits per heavy atom. The zero-order chi connectivity index (χ0) is 14.1. The molecule has 0 unspecified atom stereocenters. The molecule has 0 atom stereocenters. The first-order valence-corrected chi connectivity index (χ1v) is 7.19. The molecular weight excluding hydrogens is 244 g/mol. The monoisotopic (exact) mass is 262 g/mol. The van der Waals surface area contributed by atoms with Crippen LogP contribution in [0.2, 0.25) is 0 Å². The zero-order valence-corrected chi connectivity index (χ0v) is 11.8. The molecule has 0 heterocycles. The van der Waals surface area contributed by atoms with Gasteiger partial charge >= 0.3 is 0 Å². The van der Waals surface area contributed by atoms with Crippen LogP contribution < -0.4 is 0 Å². The van der Waals surface area contributed by atoms with Crippen molar-refractivity contribution in [3.8, 4) is 0 Å². The molecule has 0 bridgehead atoms. The molecule has 0 saturated heterocycles. The van der Waals surface area contributed by atoms with Crippen molar-refractivity contribution in [3.63, 3.8) is 0 Å². The van der Waals surface area contributed by atoms with Gasteiger partial charge in [0.25, 0.3) is 0 Å². The first-order valence-electron chi connectivity index (χ1n) is 7.19. The van der Waals surface area contributed by atoms with Crippen LogP contribution in [0.15, 0.2) is 49.0 Å². The van der Waals surface area contributed by atoms with Gasteiger partial charge in [-0.05, 0) is 35.1 Å². The summed E-state index contributed by atoms with van der Waals surface area (Å²) in [5.41, 5.74) is 5.86. The van der Waals surface area contributed by atoms with Gasteiger partial charge in [0.2, 0.25) is 0 Å². The number of carbonyl (C=O) groups excluding carboxylic acids is 1. The molecule has 0 N–H and O–H groups in total. The first-order chi connectivity index (χ1) is 9.74. The minimum Gasteiger partial charge on any atom is -0.289 e. The van der Waals surface area contributed by atoms with Gasteiger partial charge in [0.1, 0.15) is 0 Å². The number of hydrogen-bond donors (Lipinski definition) is 0. The van der Waals surface area contributed by atoms with Gasteiger partial charge in [0, 0.05) is 11.1 Å². The quantitative estimate of drug-likeness (QED) is 0.672. The molecule has 1 aliphatic carbocycles. The number of ketones is 1. The van der Waals surface area contributed by atoms with Crippen LogP contribution in [0, 0.1) is 0 Å². The summed E-state index contributed by atoms with van der Waals surface area (Å²) in [6.45, 7) is 6.43. The Hall–Kier alpha value is -2.15. The van der Waals surface area contributed by atoms with Crippen molar-refractivity contribution in [1.29, 1.82) is 0 Å². The van der Waals surface area contributed by atoms with Crippen molar-refractivity contribution in [1.82, 2.24) is 0 Å². The molecule has 0 aromatic heterocycles. The number of aryl methyl sites for hydroxylation is 1. The predicted octanol–water partition coefficient (Wildman–Crippen LogP) is 4.64. The Morgan fingerprint density at radius 2 is 1.65 bits per heavy atom. The molecule has 0 aliphatic heterocycles. The molecule has 3 rings (SSSR count). The predicted molar refractivity (Wildman–Crippen MR) is 83.1 cm³/mol. The van der Waals surface area contributed by atoms with E-state index in [9.17, 15) is 4.79 Å². The van der Waals surface area contributed by atoms with E-state index in [0.717, 1.165) is 47.1 Å². The first kappa shape index (κ1) is 12.9. The highest BCUT2D eigenvalue weighted by molar-refractivity contribution is 6.18. The average molecular weight is 262 g/mol. The molecule has 1 nitrogen and oxygen atoms in total. The molecule has 0 amide bonds. The van der Waals surface area contributed by atoms with E-state index >= 15 is 0 Å². The lowest BCUT2D eigenvalue weighted by atomic mass is 9.79. The molecule has 2 aromatic carbocycles. The summed E-state index contributed by atoms with van der Waals surface area (Å²) >= 11 is 0. The Kier molecular flexibility index (Phi) is 3.27. The lowest BCUT2D eigenvalue weighted by molar-refractivity contribution is 0.103. The fraction of sp³-hybridized carbons (Fsp3) is 0.211. The maximum absolute atomic E-state index is 12.6.